The Bertz CT molecular complexity index is 552. The fraction of sp³-hybridized carbons (Fsp3) is 0.200. The highest BCUT2D eigenvalue weighted by Crippen LogP contribution is 2.15. The molecule has 2 N–H and O–H groups in total. The minimum Gasteiger partial charge on any atom is -0.327 e. The molecule has 0 radical (unpaired) electrons. The van der Waals surface area contributed by atoms with Crippen molar-refractivity contribution in [2.75, 3.05) is 0 Å². The number of hydrogen-bond acceptors (Lipinski definition) is 1. The molecular weight excluding hydrogens is 312 g/mol. The lowest BCUT2D eigenvalue weighted by molar-refractivity contribution is 0.574. The number of rotatable bonds is 4. The molecule has 2 aromatic carbocycles. The van der Waals surface area contributed by atoms with Crippen LogP contribution in [0.3, 0.4) is 0 Å². The van der Waals surface area contributed by atoms with Gasteiger partial charge in [0.1, 0.15) is 11.6 Å². The van der Waals surface area contributed by atoms with Gasteiger partial charge >= 0.3 is 0 Å². The number of benzene rings is 2. The number of nitrogens with two attached hydrogens (primary N) is 1. The molecule has 19 heavy (non-hydrogen) atoms. The number of halogens is 3. The zero-order valence-corrected chi connectivity index (χ0v) is 11.8. The first-order chi connectivity index (χ1) is 9.02. The zero-order chi connectivity index (χ0) is 13.8. The van der Waals surface area contributed by atoms with Gasteiger partial charge in [0.05, 0.1) is 0 Å². The number of hydrogen-bond donors (Lipinski definition) is 1. The highest BCUT2D eigenvalue weighted by Gasteiger charge is 2.08. The van der Waals surface area contributed by atoms with E-state index in [0.717, 1.165) is 16.1 Å². The van der Waals surface area contributed by atoms with Crippen molar-refractivity contribution >= 4 is 15.9 Å². The van der Waals surface area contributed by atoms with E-state index in [1.165, 1.54) is 12.1 Å². The lowest BCUT2D eigenvalue weighted by Crippen LogP contribution is -2.25. The van der Waals surface area contributed by atoms with Gasteiger partial charge in [0.25, 0.3) is 0 Å². The molecule has 2 aromatic rings. The van der Waals surface area contributed by atoms with Crippen LogP contribution in [-0.2, 0) is 12.8 Å². The van der Waals surface area contributed by atoms with E-state index in [0.29, 0.717) is 18.4 Å². The van der Waals surface area contributed by atoms with Crippen LogP contribution in [0.5, 0.6) is 0 Å². The highest BCUT2D eigenvalue weighted by molar-refractivity contribution is 9.10. The molecular formula is C15H14BrF2N. The molecule has 1 atom stereocenters. The average molecular weight is 326 g/mol. The van der Waals surface area contributed by atoms with Crippen molar-refractivity contribution in [3.05, 3.63) is 69.7 Å². The van der Waals surface area contributed by atoms with Crippen molar-refractivity contribution in [2.24, 2.45) is 5.73 Å². The molecule has 100 valence electrons. The van der Waals surface area contributed by atoms with Crippen LogP contribution in [0.4, 0.5) is 8.78 Å². The molecule has 0 aliphatic rings. The molecule has 0 aliphatic carbocycles. The van der Waals surface area contributed by atoms with Gasteiger partial charge in [-0.05, 0) is 48.2 Å². The average Bonchev–Trinajstić information content (AvgIpc) is 2.26. The lowest BCUT2D eigenvalue weighted by Gasteiger charge is -2.12. The maximum absolute atomic E-state index is 13.1. The quantitative estimate of drug-likeness (QED) is 0.908. The summed E-state index contributed by atoms with van der Waals surface area (Å²) in [6.45, 7) is 0. The molecule has 0 bridgehead atoms. The van der Waals surface area contributed by atoms with Crippen molar-refractivity contribution in [3.8, 4) is 0 Å². The highest BCUT2D eigenvalue weighted by atomic mass is 79.9. The monoisotopic (exact) mass is 325 g/mol. The van der Waals surface area contributed by atoms with E-state index < -0.39 is 11.6 Å². The Hall–Kier alpha value is -1.26. The molecule has 2 rings (SSSR count). The summed E-state index contributed by atoms with van der Waals surface area (Å²) in [5.74, 6) is -1.13. The van der Waals surface area contributed by atoms with Crippen LogP contribution in [0.2, 0.25) is 0 Å². The van der Waals surface area contributed by atoms with Gasteiger partial charge in [0, 0.05) is 16.6 Å². The Morgan fingerprint density at radius 1 is 0.947 bits per heavy atom. The van der Waals surface area contributed by atoms with Crippen LogP contribution in [0, 0.1) is 11.6 Å². The lowest BCUT2D eigenvalue weighted by atomic mass is 10.00. The van der Waals surface area contributed by atoms with Crippen molar-refractivity contribution in [3.63, 3.8) is 0 Å². The van der Waals surface area contributed by atoms with Crippen molar-refractivity contribution < 1.29 is 8.78 Å². The van der Waals surface area contributed by atoms with Gasteiger partial charge in [-0.3, -0.25) is 0 Å². The Morgan fingerprint density at radius 3 is 2.21 bits per heavy atom. The molecule has 4 heteroatoms. The summed E-state index contributed by atoms with van der Waals surface area (Å²) >= 11 is 3.40. The predicted molar refractivity (Wildman–Crippen MR) is 75.9 cm³/mol. The molecule has 0 amide bonds. The largest absolute Gasteiger partial charge is 0.327 e. The minimum absolute atomic E-state index is 0.171. The van der Waals surface area contributed by atoms with Gasteiger partial charge in [0.2, 0.25) is 0 Å². The van der Waals surface area contributed by atoms with E-state index >= 15 is 0 Å². The summed E-state index contributed by atoms with van der Waals surface area (Å²) in [4.78, 5) is 0. The minimum atomic E-state index is -0.565. The van der Waals surface area contributed by atoms with Gasteiger partial charge in [-0.2, -0.15) is 0 Å². The van der Waals surface area contributed by atoms with Crippen LogP contribution in [0.15, 0.2) is 46.9 Å². The zero-order valence-electron chi connectivity index (χ0n) is 10.2. The molecule has 0 heterocycles. The molecule has 0 spiro atoms. The van der Waals surface area contributed by atoms with Crippen molar-refractivity contribution in [1.82, 2.24) is 0 Å². The third-order valence-corrected chi connectivity index (χ3v) is 3.30. The Morgan fingerprint density at radius 2 is 1.58 bits per heavy atom. The Labute approximate surface area is 119 Å². The first-order valence-corrected chi connectivity index (χ1v) is 6.77. The summed E-state index contributed by atoms with van der Waals surface area (Å²) in [6.07, 6.45) is 1.11. The maximum Gasteiger partial charge on any atom is 0.126 e. The van der Waals surface area contributed by atoms with Gasteiger partial charge in [-0.25, -0.2) is 8.78 Å². The molecule has 0 saturated heterocycles. The van der Waals surface area contributed by atoms with E-state index in [4.69, 9.17) is 5.73 Å². The predicted octanol–water partition coefficient (Wildman–Crippen LogP) is 3.84. The summed E-state index contributed by atoms with van der Waals surface area (Å²) in [6, 6.07) is 11.2. The Balaban J connectivity index is 2.03. The third-order valence-electron chi connectivity index (χ3n) is 2.81. The summed E-state index contributed by atoms with van der Waals surface area (Å²) in [5.41, 5.74) is 7.71. The normalized spacial score (nSPS) is 12.4. The van der Waals surface area contributed by atoms with Gasteiger partial charge in [-0.1, -0.05) is 28.1 Å². The van der Waals surface area contributed by atoms with Gasteiger partial charge in [-0.15, -0.1) is 0 Å². The van der Waals surface area contributed by atoms with Crippen LogP contribution in [0.1, 0.15) is 11.1 Å². The second-order valence-electron chi connectivity index (χ2n) is 4.58. The molecule has 0 aromatic heterocycles. The molecule has 0 saturated carbocycles. The second kappa shape index (κ2) is 6.26. The van der Waals surface area contributed by atoms with Crippen LogP contribution in [0.25, 0.3) is 0 Å². The van der Waals surface area contributed by atoms with Crippen molar-refractivity contribution in [2.45, 2.75) is 18.9 Å². The van der Waals surface area contributed by atoms with Gasteiger partial charge < -0.3 is 5.73 Å². The third kappa shape index (κ3) is 4.40. The van der Waals surface area contributed by atoms with E-state index in [-0.39, 0.29) is 6.04 Å². The van der Waals surface area contributed by atoms with E-state index in [1.807, 2.05) is 24.3 Å². The Kier molecular flexibility index (Phi) is 4.66. The molecule has 0 aliphatic heterocycles. The second-order valence-corrected chi connectivity index (χ2v) is 5.49. The van der Waals surface area contributed by atoms with Gasteiger partial charge in [0.15, 0.2) is 0 Å². The van der Waals surface area contributed by atoms with Crippen LogP contribution >= 0.6 is 15.9 Å². The molecule has 1 unspecified atom stereocenters. The fourth-order valence-corrected chi connectivity index (χ4v) is 2.52. The van der Waals surface area contributed by atoms with Crippen molar-refractivity contribution in [1.29, 1.82) is 0 Å². The van der Waals surface area contributed by atoms with E-state index in [1.54, 1.807) is 0 Å². The topological polar surface area (TPSA) is 26.0 Å². The van der Waals surface area contributed by atoms with Crippen LogP contribution in [-0.4, -0.2) is 6.04 Å². The van der Waals surface area contributed by atoms with E-state index in [9.17, 15) is 8.78 Å². The fourth-order valence-electron chi connectivity index (χ4n) is 2.07. The smallest absolute Gasteiger partial charge is 0.126 e. The molecule has 0 fully saturated rings. The SMILES string of the molecule is NC(Cc1cc(F)cc(F)c1)Cc1cccc(Br)c1. The van der Waals surface area contributed by atoms with E-state index in [2.05, 4.69) is 15.9 Å². The summed E-state index contributed by atoms with van der Waals surface area (Å²) in [5, 5.41) is 0. The molecule has 1 nitrogen and oxygen atoms in total. The first-order valence-electron chi connectivity index (χ1n) is 5.98. The standard InChI is InChI=1S/C15H14BrF2N/c16-12-3-1-2-10(4-12)7-15(19)8-11-5-13(17)9-14(18)6-11/h1-6,9,15H,7-8,19H2. The van der Waals surface area contributed by atoms with Crippen LogP contribution < -0.4 is 5.73 Å². The first kappa shape index (κ1) is 14.2. The summed E-state index contributed by atoms with van der Waals surface area (Å²) in [7, 11) is 0. The maximum atomic E-state index is 13.1. The summed E-state index contributed by atoms with van der Waals surface area (Å²) < 4.78 is 27.1.